The van der Waals surface area contributed by atoms with Crippen molar-refractivity contribution in [2.24, 2.45) is 0 Å². The van der Waals surface area contributed by atoms with Gasteiger partial charge in [-0.2, -0.15) is 0 Å². The molecule has 1 aliphatic rings. The summed E-state index contributed by atoms with van der Waals surface area (Å²) in [4.78, 5) is 0. The Labute approximate surface area is 113 Å². The Balaban J connectivity index is 2.37. The van der Waals surface area contributed by atoms with Crippen molar-refractivity contribution in [3.8, 4) is 5.75 Å². The summed E-state index contributed by atoms with van der Waals surface area (Å²) in [5, 5.41) is 14.2. The first kappa shape index (κ1) is 14.3. The van der Waals surface area contributed by atoms with Crippen LogP contribution in [0.5, 0.6) is 5.75 Å². The molecule has 1 saturated heterocycles. The topological polar surface area (TPSA) is 41.5 Å². The normalized spacial score (nSPS) is 23.5. The molecule has 0 aromatic heterocycles. The van der Waals surface area contributed by atoms with Gasteiger partial charge in [0.15, 0.2) is 0 Å². The third-order valence-electron chi connectivity index (χ3n) is 3.94. The monoisotopic (exact) mass is 267 g/mol. The molecule has 1 aliphatic heterocycles. The maximum absolute atomic E-state index is 14.1. The van der Waals surface area contributed by atoms with Crippen LogP contribution in [-0.2, 0) is 5.60 Å². The molecule has 2 atom stereocenters. The van der Waals surface area contributed by atoms with E-state index in [4.69, 9.17) is 4.74 Å². The van der Waals surface area contributed by atoms with Crippen molar-refractivity contribution in [1.82, 2.24) is 5.32 Å². The lowest BCUT2D eigenvalue weighted by Gasteiger charge is -2.34. The van der Waals surface area contributed by atoms with Gasteiger partial charge in [0.05, 0.1) is 12.7 Å². The van der Waals surface area contributed by atoms with Crippen LogP contribution in [0, 0.1) is 5.82 Å². The largest absolute Gasteiger partial charge is 0.496 e. The van der Waals surface area contributed by atoms with Crippen molar-refractivity contribution in [3.05, 3.63) is 29.6 Å². The van der Waals surface area contributed by atoms with E-state index in [0.29, 0.717) is 5.75 Å². The highest BCUT2D eigenvalue weighted by molar-refractivity contribution is 5.40. The molecule has 4 heteroatoms. The molecule has 0 aliphatic carbocycles. The zero-order valence-corrected chi connectivity index (χ0v) is 11.6. The SMILES string of the molecule is COc1cccc(F)c1C(C)(O)C1CCCCCN1. The molecule has 2 unspecified atom stereocenters. The van der Waals surface area contributed by atoms with Crippen LogP contribution in [0.25, 0.3) is 0 Å². The predicted molar refractivity (Wildman–Crippen MR) is 72.8 cm³/mol. The highest BCUT2D eigenvalue weighted by Gasteiger charge is 2.38. The number of benzene rings is 1. The van der Waals surface area contributed by atoms with Crippen molar-refractivity contribution in [1.29, 1.82) is 0 Å². The van der Waals surface area contributed by atoms with Crippen LogP contribution in [0.3, 0.4) is 0 Å². The van der Waals surface area contributed by atoms with Crippen molar-refractivity contribution in [3.63, 3.8) is 0 Å². The van der Waals surface area contributed by atoms with Gasteiger partial charge in [-0.15, -0.1) is 0 Å². The number of aliphatic hydroxyl groups is 1. The fourth-order valence-corrected chi connectivity index (χ4v) is 2.85. The Hall–Kier alpha value is -1.13. The van der Waals surface area contributed by atoms with Gasteiger partial charge in [0.1, 0.15) is 17.2 Å². The van der Waals surface area contributed by atoms with E-state index in [-0.39, 0.29) is 11.6 Å². The average molecular weight is 267 g/mol. The summed E-state index contributed by atoms with van der Waals surface area (Å²) in [6.07, 6.45) is 4.13. The smallest absolute Gasteiger partial charge is 0.133 e. The maximum atomic E-state index is 14.1. The van der Waals surface area contributed by atoms with Gasteiger partial charge in [-0.1, -0.05) is 18.9 Å². The predicted octanol–water partition coefficient (Wildman–Crippen LogP) is 2.57. The molecule has 2 N–H and O–H groups in total. The van der Waals surface area contributed by atoms with E-state index < -0.39 is 11.4 Å². The lowest BCUT2D eigenvalue weighted by Crippen LogP contribution is -2.47. The molecule has 0 bridgehead atoms. The van der Waals surface area contributed by atoms with Gasteiger partial charge in [-0.05, 0) is 38.4 Å². The first-order valence-electron chi connectivity index (χ1n) is 6.86. The molecule has 0 amide bonds. The molecule has 19 heavy (non-hydrogen) atoms. The van der Waals surface area contributed by atoms with Crippen LogP contribution in [-0.4, -0.2) is 24.8 Å². The number of rotatable bonds is 3. The lowest BCUT2D eigenvalue weighted by molar-refractivity contribution is 0.00822. The maximum Gasteiger partial charge on any atom is 0.133 e. The number of nitrogens with one attached hydrogen (secondary N) is 1. The molecule has 106 valence electrons. The average Bonchev–Trinajstić information content (AvgIpc) is 2.67. The second-order valence-electron chi connectivity index (χ2n) is 5.32. The number of ether oxygens (including phenoxy) is 1. The Kier molecular flexibility index (Phi) is 4.42. The van der Waals surface area contributed by atoms with E-state index in [0.717, 1.165) is 32.2 Å². The van der Waals surface area contributed by atoms with Crippen LogP contribution < -0.4 is 10.1 Å². The molecular formula is C15H22FNO2. The number of hydrogen-bond donors (Lipinski definition) is 2. The van der Waals surface area contributed by atoms with E-state index in [1.165, 1.54) is 13.2 Å². The summed E-state index contributed by atoms with van der Waals surface area (Å²) < 4.78 is 19.3. The zero-order chi connectivity index (χ0) is 13.9. The Morgan fingerprint density at radius 2 is 2.16 bits per heavy atom. The van der Waals surface area contributed by atoms with Gasteiger partial charge < -0.3 is 15.2 Å². The van der Waals surface area contributed by atoms with Crippen LogP contribution >= 0.6 is 0 Å². The quantitative estimate of drug-likeness (QED) is 0.884. The van der Waals surface area contributed by atoms with Gasteiger partial charge in [-0.25, -0.2) is 4.39 Å². The minimum Gasteiger partial charge on any atom is -0.496 e. The van der Waals surface area contributed by atoms with Crippen LogP contribution in [0.15, 0.2) is 18.2 Å². The number of methoxy groups -OCH3 is 1. The molecular weight excluding hydrogens is 245 g/mol. The number of hydrogen-bond acceptors (Lipinski definition) is 3. The summed E-state index contributed by atoms with van der Waals surface area (Å²) in [5.74, 6) is -0.0218. The van der Waals surface area contributed by atoms with E-state index in [9.17, 15) is 9.50 Å². The van der Waals surface area contributed by atoms with Crippen LogP contribution in [0.2, 0.25) is 0 Å². The molecule has 1 heterocycles. The van der Waals surface area contributed by atoms with Crippen molar-refractivity contribution < 1.29 is 14.2 Å². The Morgan fingerprint density at radius 3 is 2.89 bits per heavy atom. The van der Waals surface area contributed by atoms with Crippen molar-refractivity contribution in [2.45, 2.75) is 44.2 Å². The van der Waals surface area contributed by atoms with Gasteiger partial charge in [0.25, 0.3) is 0 Å². The fraction of sp³-hybridized carbons (Fsp3) is 0.600. The molecule has 1 fully saturated rings. The van der Waals surface area contributed by atoms with Gasteiger partial charge in [0.2, 0.25) is 0 Å². The van der Waals surface area contributed by atoms with E-state index in [1.807, 2.05) is 0 Å². The molecule has 3 nitrogen and oxygen atoms in total. The molecule has 0 spiro atoms. The second-order valence-corrected chi connectivity index (χ2v) is 5.32. The molecule has 2 rings (SSSR count). The molecule has 1 aromatic carbocycles. The van der Waals surface area contributed by atoms with Crippen molar-refractivity contribution >= 4 is 0 Å². The fourth-order valence-electron chi connectivity index (χ4n) is 2.85. The third-order valence-corrected chi connectivity index (χ3v) is 3.94. The van der Waals surface area contributed by atoms with E-state index in [1.54, 1.807) is 19.1 Å². The van der Waals surface area contributed by atoms with E-state index in [2.05, 4.69) is 5.32 Å². The first-order valence-corrected chi connectivity index (χ1v) is 6.86. The zero-order valence-electron chi connectivity index (χ0n) is 11.6. The number of halogens is 1. The Morgan fingerprint density at radius 1 is 1.37 bits per heavy atom. The lowest BCUT2D eigenvalue weighted by atomic mass is 9.85. The summed E-state index contributed by atoms with van der Waals surface area (Å²) in [6.45, 7) is 2.52. The summed E-state index contributed by atoms with van der Waals surface area (Å²) in [5.41, 5.74) is -1.03. The highest BCUT2D eigenvalue weighted by atomic mass is 19.1. The third kappa shape index (κ3) is 2.90. The Bertz CT molecular complexity index is 426. The minimum absolute atomic E-state index is 0.152. The van der Waals surface area contributed by atoms with E-state index >= 15 is 0 Å². The van der Waals surface area contributed by atoms with Gasteiger partial charge in [0, 0.05) is 6.04 Å². The summed E-state index contributed by atoms with van der Waals surface area (Å²) >= 11 is 0. The minimum atomic E-state index is -1.28. The summed E-state index contributed by atoms with van der Waals surface area (Å²) in [7, 11) is 1.49. The summed E-state index contributed by atoms with van der Waals surface area (Å²) in [6, 6.07) is 4.49. The highest BCUT2D eigenvalue weighted by Crippen LogP contribution is 2.36. The van der Waals surface area contributed by atoms with Crippen LogP contribution in [0.4, 0.5) is 4.39 Å². The van der Waals surface area contributed by atoms with Crippen molar-refractivity contribution in [2.75, 3.05) is 13.7 Å². The van der Waals surface area contributed by atoms with Gasteiger partial charge >= 0.3 is 0 Å². The van der Waals surface area contributed by atoms with Crippen LogP contribution in [0.1, 0.15) is 38.2 Å². The second kappa shape index (κ2) is 5.88. The molecule has 1 aromatic rings. The first-order chi connectivity index (χ1) is 9.07. The van der Waals surface area contributed by atoms with Gasteiger partial charge in [-0.3, -0.25) is 0 Å². The standard InChI is InChI=1S/C15H22FNO2/c1-15(18,13-9-4-3-5-10-17-13)14-11(16)7-6-8-12(14)19-2/h6-8,13,17-18H,3-5,9-10H2,1-2H3. The molecule has 0 saturated carbocycles. The molecule has 0 radical (unpaired) electrons.